The summed E-state index contributed by atoms with van der Waals surface area (Å²) in [6.07, 6.45) is 2.56. The minimum absolute atomic E-state index is 0.0326. The van der Waals surface area contributed by atoms with Crippen LogP contribution in [0.4, 0.5) is 5.69 Å². The summed E-state index contributed by atoms with van der Waals surface area (Å²) < 4.78 is 5.07. The van der Waals surface area contributed by atoms with Crippen molar-refractivity contribution in [2.45, 2.75) is 25.3 Å². The Bertz CT molecular complexity index is 546. The lowest BCUT2D eigenvalue weighted by Gasteiger charge is -2.34. The number of carbonyl (C=O) groups excluding carboxylic acids is 1. The Hall–Kier alpha value is -2.15. The fourth-order valence-corrected chi connectivity index (χ4v) is 2.66. The third-order valence-electron chi connectivity index (χ3n) is 3.72. The predicted molar refractivity (Wildman–Crippen MR) is 75.4 cm³/mol. The molecule has 114 valence electrons. The van der Waals surface area contributed by atoms with Crippen LogP contribution in [0.2, 0.25) is 0 Å². The summed E-state index contributed by atoms with van der Waals surface area (Å²) in [7, 11) is 1.30. The average Bonchev–Trinajstić information content (AvgIpc) is 2.53. The monoisotopic (exact) mass is 294 g/mol. The number of aliphatic hydroxyl groups excluding tert-OH is 1. The molecule has 0 radical (unpaired) electrons. The molecule has 1 heterocycles. The topological polar surface area (TPSA) is 92.9 Å². The molecule has 1 aliphatic rings. The summed E-state index contributed by atoms with van der Waals surface area (Å²) >= 11 is 0. The Kier molecular flexibility index (Phi) is 4.74. The number of methoxy groups -OCH3 is 1. The van der Waals surface area contributed by atoms with Crippen molar-refractivity contribution in [2.75, 3.05) is 20.3 Å². The molecule has 0 bridgehead atoms. The average molecular weight is 294 g/mol. The molecule has 1 atom stereocenters. The number of aliphatic hydroxyl groups is 1. The maximum Gasteiger partial charge on any atom is 0.311 e. The second-order valence-electron chi connectivity index (χ2n) is 4.95. The Morgan fingerprint density at radius 1 is 1.52 bits per heavy atom. The number of rotatable bonds is 4. The van der Waals surface area contributed by atoms with Gasteiger partial charge in [-0.3, -0.25) is 14.9 Å². The van der Waals surface area contributed by atoms with E-state index < -0.39 is 4.92 Å². The third kappa shape index (κ3) is 2.97. The first kappa shape index (κ1) is 15.2. The molecule has 0 aliphatic carbocycles. The van der Waals surface area contributed by atoms with Gasteiger partial charge in [0.2, 0.25) is 5.75 Å². The van der Waals surface area contributed by atoms with Crippen LogP contribution in [-0.2, 0) is 0 Å². The molecule has 2 rings (SSSR count). The van der Waals surface area contributed by atoms with E-state index in [9.17, 15) is 20.0 Å². The number of benzene rings is 1. The molecule has 1 amide bonds. The standard InChI is InChI=1S/C14H18N2O5/c1-21-13-11(6-4-7-12(13)16(19)20)14(18)15-8-3-2-5-10(15)9-17/h4,6-7,10,17H,2-3,5,8-9H2,1H3. The number of nitrogens with zero attached hydrogens (tertiary/aromatic N) is 2. The van der Waals surface area contributed by atoms with Gasteiger partial charge in [0.1, 0.15) is 0 Å². The summed E-state index contributed by atoms with van der Waals surface area (Å²) in [6.45, 7) is 0.429. The second-order valence-corrected chi connectivity index (χ2v) is 4.95. The Morgan fingerprint density at radius 3 is 2.90 bits per heavy atom. The summed E-state index contributed by atoms with van der Waals surface area (Å²) in [6, 6.07) is 4.04. The van der Waals surface area contributed by atoms with E-state index in [1.54, 1.807) is 4.90 Å². The van der Waals surface area contributed by atoms with Crippen LogP contribution in [0, 0.1) is 10.1 Å². The first-order valence-electron chi connectivity index (χ1n) is 6.83. The number of para-hydroxylation sites is 1. The number of carbonyl (C=O) groups is 1. The van der Waals surface area contributed by atoms with Gasteiger partial charge in [0.25, 0.3) is 5.91 Å². The summed E-state index contributed by atoms with van der Waals surface area (Å²) in [5.41, 5.74) is -0.0760. The smallest absolute Gasteiger partial charge is 0.311 e. The highest BCUT2D eigenvalue weighted by molar-refractivity contribution is 5.98. The highest BCUT2D eigenvalue weighted by Gasteiger charge is 2.31. The van der Waals surface area contributed by atoms with E-state index in [1.165, 1.54) is 25.3 Å². The molecule has 1 saturated heterocycles. The number of ether oxygens (including phenoxy) is 1. The number of amides is 1. The van der Waals surface area contributed by atoms with Gasteiger partial charge in [-0.1, -0.05) is 6.07 Å². The zero-order valence-corrected chi connectivity index (χ0v) is 11.8. The molecule has 7 nitrogen and oxygen atoms in total. The fraction of sp³-hybridized carbons (Fsp3) is 0.500. The molecular formula is C14H18N2O5. The van der Waals surface area contributed by atoms with E-state index in [4.69, 9.17) is 4.74 Å². The minimum Gasteiger partial charge on any atom is -0.490 e. The van der Waals surface area contributed by atoms with Crippen molar-refractivity contribution in [3.8, 4) is 5.75 Å². The molecule has 1 fully saturated rings. The molecule has 21 heavy (non-hydrogen) atoms. The van der Waals surface area contributed by atoms with Crippen molar-refractivity contribution < 1.29 is 19.6 Å². The van der Waals surface area contributed by atoms with Gasteiger partial charge in [0.15, 0.2) is 0 Å². The van der Waals surface area contributed by atoms with Gasteiger partial charge in [-0.15, -0.1) is 0 Å². The lowest BCUT2D eigenvalue weighted by molar-refractivity contribution is -0.385. The molecule has 1 aromatic carbocycles. The van der Waals surface area contributed by atoms with Gasteiger partial charge in [0.05, 0.1) is 30.2 Å². The van der Waals surface area contributed by atoms with Crippen molar-refractivity contribution in [1.29, 1.82) is 0 Å². The molecule has 1 N–H and O–H groups in total. The van der Waals surface area contributed by atoms with E-state index in [0.717, 1.165) is 19.3 Å². The number of piperidine rings is 1. The zero-order chi connectivity index (χ0) is 15.4. The van der Waals surface area contributed by atoms with E-state index in [-0.39, 0.29) is 35.6 Å². The van der Waals surface area contributed by atoms with E-state index >= 15 is 0 Å². The van der Waals surface area contributed by atoms with Gasteiger partial charge in [-0.05, 0) is 25.3 Å². The highest BCUT2D eigenvalue weighted by atomic mass is 16.6. The maximum atomic E-state index is 12.6. The van der Waals surface area contributed by atoms with Crippen LogP contribution >= 0.6 is 0 Å². The molecule has 1 unspecified atom stereocenters. The van der Waals surface area contributed by atoms with E-state index in [2.05, 4.69) is 0 Å². The van der Waals surface area contributed by atoms with Crippen molar-refractivity contribution >= 4 is 11.6 Å². The van der Waals surface area contributed by atoms with Crippen LogP contribution in [0.25, 0.3) is 0 Å². The molecular weight excluding hydrogens is 276 g/mol. The van der Waals surface area contributed by atoms with Crippen LogP contribution in [0.3, 0.4) is 0 Å². The summed E-state index contributed by atoms with van der Waals surface area (Å²) in [4.78, 5) is 24.6. The van der Waals surface area contributed by atoms with Crippen molar-refractivity contribution in [3.63, 3.8) is 0 Å². The molecule has 7 heteroatoms. The maximum absolute atomic E-state index is 12.6. The van der Waals surface area contributed by atoms with Crippen LogP contribution in [-0.4, -0.2) is 47.1 Å². The molecule has 1 aliphatic heterocycles. The van der Waals surface area contributed by atoms with E-state index in [0.29, 0.717) is 6.54 Å². The first-order chi connectivity index (χ1) is 10.1. The normalized spacial score (nSPS) is 18.4. The van der Waals surface area contributed by atoms with Crippen LogP contribution in [0.1, 0.15) is 29.6 Å². The second kappa shape index (κ2) is 6.53. The number of likely N-dealkylation sites (tertiary alicyclic amines) is 1. The first-order valence-corrected chi connectivity index (χ1v) is 6.83. The zero-order valence-electron chi connectivity index (χ0n) is 11.8. The van der Waals surface area contributed by atoms with Crippen molar-refractivity contribution in [1.82, 2.24) is 4.90 Å². The molecule has 0 saturated carbocycles. The predicted octanol–water partition coefficient (Wildman–Crippen LogP) is 1.59. The quantitative estimate of drug-likeness (QED) is 0.672. The van der Waals surface area contributed by atoms with Gasteiger partial charge in [-0.25, -0.2) is 0 Å². The number of nitro benzene ring substituents is 1. The lowest BCUT2D eigenvalue weighted by Crippen LogP contribution is -2.45. The largest absolute Gasteiger partial charge is 0.490 e. The molecule has 0 spiro atoms. The van der Waals surface area contributed by atoms with Crippen LogP contribution < -0.4 is 4.74 Å². The Morgan fingerprint density at radius 2 is 2.29 bits per heavy atom. The van der Waals surface area contributed by atoms with Gasteiger partial charge >= 0.3 is 5.69 Å². The SMILES string of the molecule is COc1c(C(=O)N2CCCCC2CO)cccc1[N+](=O)[O-]. The van der Waals surface area contributed by atoms with E-state index in [1.807, 2.05) is 0 Å². The third-order valence-corrected chi connectivity index (χ3v) is 3.72. The van der Waals surface area contributed by atoms with Crippen LogP contribution in [0.15, 0.2) is 18.2 Å². The summed E-state index contributed by atoms with van der Waals surface area (Å²) in [5.74, 6) is -0.371. The molecule has 1 aromatic rings. The van der Waals surface area contributed by atoms with Gasteiger partial charge in [-0.2, -0.15) is 0 Å². The van der Waals surface area contributed by atoms with Gasteiger partial charge < -0.3 is 14.7 Å². The highest BCUT2D eigenvalue weighted by Crippen LogP contribution is 2.32. The summed E-state index contributed by atoms with van der Waals surface area (Å²) in [5, 5.41) is 20.4. The lowest BCUT2D eigenvalue weighted by atomic mass is 10.0. The van der Waals surface area contributed by atoms with Crippen molar-refractivity contribution in [3.05, 3.63) is 33.9 Å². The fourth-order valence-electron chi connectivity index (χ4n) is 2.66. The van der Waals surface area contributed by atoms with Crippen LogP contribution in [0.5, 0.6) is 5.75 Å². The Balaban J connectivity index is 2.38. The molecule has 0 aromatic heterocycles. The number of hydrogen-bond donors (Lipinski definition) is 1. The Labute approximate surface area is 122 Å². The van der Waals surface area contributed by atoms with Gasteiger partial charge in [0, 0.05) is 12.6 Å². The van der Waals surface area contributed by atoms with Crippen molar-refractivity contribution in [2.24, 2.45) is 0 Å². The number of hydrogen-bond acceptors (Lipinski definition) is 5. The number of nitro groups is 1. The minimum atomic E-state index is -0.574.